The van der Waals surface area contributed by atoms with E-state index in [2.05, 4.69) is 21.3 Å². The lowest BCUT2D eigenvalue weighted by atomic mass is 9.90. The summed E-state index contributed by atoms with van der Waals surface area (Å²) in [6, 6.07) is 11.0. The minimum atomic E-state index is -1.52. The number of benzene rings is 2. The number of urea groups is 1. The molecule has 350 valence electrons. The molecule has 3 aliphatic heterocycles. The number of aliphatic carboxylic acids is 1. The van der Waals surface area contributed by atoms with Gasteiger partial charge in [0.05, 0.1) is 42.5 Å². The first-order valence-electron chi connectivity index (χ1n) is 23.0. The molecule has 5 N–H and O–H groups in total. The molecule has 5 heterocycles. The van der Waals surface area contributed by atoms with Crippen molar-refractivity contribution in [2.24, 2.45) is 5.92 Å². The number of hydrogen-bond donors (Lipinski definition) is 5. The number of rotatable bonds is 11. The number of pyridine rings is 1. The van der Waals surface area contributed by atoms with E-state index < -0.39 is 65.3 Å². The number of thiazole rings is 1. The molecular formula is C49H54N8O9S. The van der Waals surface area contributed by atoms with Crippen molar-refractivity contribution < 1.29 is 43.3 Å². The summed E-state index contributed by atoms with van der Waals surface area (Å²) in [5, 5.41) is 25.6. The fraction of sp³-hybridized carbons (Fsp3) is 0.429. The normalized spacial score (nSPS) is 23.9. The summed E-state index contributed by atoms with van der Waals surface area (Å²) < 4.78 is 12.3. The van der Waals surface area contributed by atoms with Crippen molar-refractivity contribution in [3.8, 4) is 22.9 Å². The number of ether oxygens (including phenoxy) is 2. The molecule has 6 amide bonds. The largest absolute Gasteiger partial charge is 0.497 e. The molecule has 1 saturated heterocycles. The van der Waals surface area contributed by atoms with E-state index in [0.29, 0.717) is 76.3 Å². The summed E-state index contributed by atoms with van der Waals surface area (Å²) in [4.78, 5) is 95.2. The molecule has 67 heavy (non-hydrogen) atoms. The molecule has 17 nitrogen and oxygen atoms in total. The van der Waals surface area contributed by atoms with Gasteiger partial charge < -0.3 is 40.7 Å². The fourth-order valence-corrected chi connectivity index (χ4v) is 10.2. The number of hydrogen-bond acceptors (Lipinski definition) is 12. The maximum atomic E-state index is 15.0. The molecule has 0 radical (unpaired) electrons. The van der Waals surface area contributed by atoms with Gasteiger partial charge in [-0.25, -0.2) is 19.6 Å². The molecule has 2 aromatic carbocycles. The lowest BCUT2D eigenvalue weighted by Gasteiger charge is -2.30. The number of allylic oxidation sites excluding steroid dienone is 2. The second-order valence-electron chi connectivity index (χ2n) is 18.2. The third-order valence-electron chi connectivity index (χ3n) is 13.2. The van der Waals surface area contributed by atoms with E-state index in [9.17, 15) is 29.1 Å². The number of imide groups is 1. The molecule has 2 aliphatic carbocycles. The molecule has 0 bridgehead atoms. The van der Waals surface area contributed by atoms with Crippen molar-refractivity contribution in [3.05, 3.63) is 88.5 Å². The standard InChI is InChI=1S/C49H54N8O9S/c1-27(2)50-48-54-39(26-67-48)37-22-41(34-19-18-30(65-3)20-36(34)51-37)66-31-21-40-42(58)55-49(46(62)63)23-29(49)14-7-5-4-6-8-17-35(45(61)56(40)24-31)52-47(64)53-38(28-12-11-13-28)25-57-43(59)32-15-9-10-16-33(32)44(57)60/h7,9-10,14-16,18-20,22,26-27,29,31,35,40H,4-6,8,11-13,17,21,23-25H2,1-3H3,(H,50,54)(H,55,58)(H,62,63)(H2,52,53,64)/t29?,31-,35+,40+,49-/m1/s1. The number of anilines is 1. The first-order chi connectivity index (χ1) is 32.3. The summed E-state index contributed by atoms with van der Waals surface area (Å²) >= 11 is 1.45. The zero-order valence-electron chi connectivity index (χ0n) is 37.6. The molecule has 3 fully saturated rings. The number of carboxylic acids is 1. The smallest absolute Gasteiger partial charge is 0.330 e. The highest BCUT2D eigenvalue weighted by molar-refractivity contribution is 7.14. The van der Waals surface area contributed by atoms with Crippen LogP contribution < -0.4 is 30.7 Å². The topological polar surface area (TPSA) is 221 Å². The first kappa shape index (κ1) is 45.3. The Morgan fingerprint density at radius 2 is 1.76 bits per heavy atom. The van der Waals surface area contributed by atoms with Gasteiger partial charge in [-0.2, -0.15) is 0 Å². The number of aromatic nitrogens is 2. The van der Waals surface area contributed by atoms with Gasteiger partial charge in [-0.05, 0) is 88.6 Å². The maximum Gasteiger partial charge on any atom is 0.330 e. The van der Waals surface area contributed by atoms with Crippen molar-refractivity contribution >= 4 is 63.0 Å². The maximum absolute atomic E-state index is 15.0. The Kier molecular flexibility index (Phi) is 12.7. The summed E-state index contributed by atoms with van der Waals surface area (Å²) in [7, 11) is 1.57. The van der Waals surface area contributed by atoms with Crippen molar-refractivity contribution in [1.82, 2.24) is 35.7 Å². The van der Waals surface area contributed by atoms with Crippen molar-refractivity contribution in [1.29, 1.82) is 0 Å². The number of nitrogens with zero attached hydrogens (tertiary/aromatic N) is 4. The number of carboxylic acid groups (broad SMARTS) is 1. The molecular weight excluding hydrogens is 877 g/mol. The van der Waals surface area contributed by atoms with Crippen LogP contribution in [0.2, 0.25) is 0 Å². The highest BCUT2D eigenvalue weighted by Gasteiger charge is 2.61. The average Bonchev–Trinajstić information content (AvgIpc) is 3.51. The highest BCUT2D eigenvalue weighted by atomic mass is 32.1. The van der Waals surface area contributed by atoms with Crippen molar-refractivity contribution in [2.45, 2.75) is 108 Å². The van der Waals surface area contributed by atoms with E-state index in [-0.39, 0.29) is 38.4 Å². The SMILES string of the molecule is COc1ccc2c(O[C@@H]3C[C@H]4C(=O)N[C@]5(C(=O)O)CC5C=CCCCCC[C@H](NC(=O)NC(CN5C(=O)c6ccccc6C5=O)=C5CCC5)C(=O)N4C3)cc(-c3csc(NC(C)C)n3)nc2c1. The minimum absolute atomic E-state index is 0.0255. The lowest BCUT2D eigenvalue weighted by Crippen LogP contribution is -2.57. The predicted molar refractivity (Wildman–Crippen MR) is 250 cm³/mol. The molecule has 5 aliphatic rings. The monoisotopic (exact) mass is 930 g/mol. The number of amides is 6. The predicted octanol–water partition coefficient (Wildman–Crippen LogP) is 6.42. The van der Waals surface area contributed by atoms with Crippen LogP contribution in [0.25, 0.3) is 22.3 Å². The van der Waals surface area contributed by atoms with Gasteiger partial charge in [-0.1, -0.05) is 37.1 Å². The van der Waals surface area contributed by atoms with Gasteiger partial charge >= 0.3 is 12.0 Å². The number of carbonyl (C=O) groups is 6. The van der Waals surface area contributed by atoms with Crippen LogP contribution in [0.3, 0.4) is 0 Å². The van der Waals surface area contributed by atoms with Gasteiger partial charge in [-0.3, -0.25) is 24.1 Å². The van der Waals surface area contributed by atoms with E-state index in [0.717, 1.165) is 34.9 Å². The zero-order valence-corrected chi connectivity index (χ0v) is 38.4. The molecule has 9 rings (SSSR count). The summed E-state index contributed by atoms with van der Waals surface area (Å²) in [5.74, 6) is -2.60. The molecule has 18 heteroatoms. The van der Waals surface area contributed by atoms with Gasteiger partial charge in [0.25, 0.3) is 11.8 Å². The summed E-state index contributed by atoms with van der Waals surface area (Å²) in [6.45, 7) is 3.86. The second-order valence-corrected chi connectivity index (χ2v) is 19.0. The third kappa shape index (κ3) is 9.31. The van der Waals surface area contributed by atoms with Gasteiger partial charge in [-0.15, -0.1) is 11.3 Å². The Labute approximate surface area is 391 Å². The van der Waals surface area contributed by atoms with Gasteiger partial charge in [0.1, 0.15) is 40.9 Å². The van der Waals surface area contributed by atoms with E-state index >= 15 is 4.79 Å². The molecule has 5 atom stereocenters. The minimum Gasteiger partial charge on any atom is -0.497 e. The van der Waals surface area contributed by atoms with Crippen LogP contribution in [0, 0.1) is 5.92 Å². The van der Waals surface area contributed by atoms with Crippen molar-refractivity contribution in [2.75, 3.05) is 25.5 Å². The Balaban J connectivity index is 1.00. The summed E-state index contributed by atoms with van der Waals surface area (Å²) in [5.41, 5.74) is 2.15. The Morgan fingerprint density at radius 1 is 0.985 bits per heavy atom. The molecule has 2 aromatic heterocycles. The van der Waals surface area contributed by atoms with Crippen LogP contribution in [0.4, 0.5) is 9.93 Å². The molecule has 1 unspecified atom stereocenters. The van der Waals surface area contributed by atoms with Crippen molar-refractivity contribution in [3.63, 3.8) is 0 Å². The average molecular weight is 931 g/mol. The van der Waals surface area contributed by atoms with E-state index in [1.165, 1.54) is 16.2 Å². The summed E-state index contributed by atoms with van der Waals surface area (Å²) in [6.07, 6.45) is 8.55. The quantitative estimate of drug-likeness (QED) is 0.0813. The fourth-order valence-electron chi connectivity index (χ4n) is 9.33. The van der Waals surface area contributed by atoms with Crippen LogP contribution in [-0.4, -0.2) is 110 Å². The first-order valence-corrected chi connectivity index (χ1v) is 23.8. The van der Waals surface area contributed by atoms with Gasteiger partial charge in [0.2, 0.25) is 11.8 Å². The van der Waals surface area contributed by atoms with E-state index in [1.807, 2.05) is 37.4 Å². The van der Waals surface area contributed by atoms with E-state index in [1.54, 1.807) is 49.6 Å². The second kappa shape index (κ2) is 18.8. The Hall–Kier alpha value is -6.82. The number of methoxy groups -OCH3 is 1. The van der Waals surface area contributed by atoms with Crippen LogP contribution in [0.15, 0.2) is 77.3 Å². The highest BCUT2D eigenvalue weighted by Crippen LogP contribution is 2.46. The van der Waals surface area contributed by atoms with Crippen LogP contribution >= 0.6 is 11.3 Å². The third-order valence-corrected chi connectivity index (χ3v) is 14.0. The zero-order chi connectivity index (χ0) is 47.0. The molecule has 4 aromatic rings. The van der Waals surface area contributed by atoms with Crippen LogP contribution in [0.5, 0.6) is 11.5 Å². The molecule has 0 spiro atoms. The Morgan fingerprint density at radius 3 is 2.46 bits per heavy atom. The number of carbonyl (C=O) groups excluding carboxylic acids is 5. The number of nitrogens with one attached hydrogen (secondary N) is 4. The van der Waals surface area contributed by atoms with Gasteiger partial charge in [0.15, 0.2) is 5.13 Å². The van der Waals surface area contributed by atoms with Crippen LogP contribution in [-0.2, 0) is 14.4 Å². The van der Waals surface area contributed by atoms with E-state index in [4.69, 9.17) is 19.4 Å². The Bertz CT molecular complexity index is 2680. The number of fused-ring (bicyclic) bond motifs is 4. The van der Waals surface area contributed by atoms with Crippen LogP contribution in [0.1, 0.15) is 98.8 Å². The van der Waals surface area contributed by atoms with Gasteiger partial charge in [0, 0.05) is 47.0 Å². The lowest BCUT2D eigenvalue weighted by molar-refractivity contribution is -0.145. The molecule has 2 saturated carbocycles.